The molecule has 2 fully saturated rings. The third kappa shape index (κ3) is 3.22. The van der Waals surface area contributed by atoms with Gasteiger partial charge in [0.2, 0.25) is 0 Å². The zero-order valence-corrected chi connectivity index (χ0v) is 13.7. The first-order valence-electron chi connectivity index (χ1n) is 7.18. The first-order chi connectivity index (χ1) is 9.75. The Morgan fingerprint density at radius 3 is 2.60 bits per heavy atom. The second kappa shape index (κ2) is 6.78. The molecular weight excluding hydrogens is 313 g/mol. The molecule has 0 radical (unpaired) electrons. The van der Waals surface area contributed by atoms with Crippen molar-refractivity contribution in [1.29, 1.82) is 0 Å². The lowest BCUT2D eigenvalue weighted by atomic mass is 9.91. The van der Waals surface area contributed by atoms with Gasteiger partial charge in [0, 0.05) is 24.2 Å². The van der Waals surface area contributed by atoms with Crippen molar-refractivity contribution in [2.75, 3.05) is 18.2 Å². The lowest BCUT2D eigenvalue weighted by Gasteiger charge is -2.37. The molecule has 5 heteroatoms. The number of halogens is 2. The lowest BCUT2D eigenvalue weighted by Crippen LogP contribution is -2.46. The Morgan fingerprint density at radius 1 is 1.15 bits per heavy atom. The van der Waals surface area contributed by atoms with Crippen LogP contribution in [0.15, 0.2) is 18.2 Å². The molecule has 2 aliphatic rings. The van der Waals surface area contributed by atoms with Crippen LogP contribution in [-0.2, 0) is 0 Å². The molecule has 2 nitrogen and oxygen atoms in total. The van der Waals surface area contributed by atoms with Gasteiger partial charge in [0.25, 0.3) is 0 Å². The standard InChI is InChI=1S/C15H19Cl2NOS/c16-11-4-3-5-12(17)15(11)19-14-7-2-1-6-13(14)18-8-9-20-10-18/h3-5,13-14H,1-2,6-10H2/t13-,14-/m0/s1. The topological polar surface area (TPSA) is 12.5 Å². The van der Waals surface area contributed by atoms with Gasteiger partial charge in [-0.2, -0.15) is 0 Å². The maximum Gasteiger partial charge on any atom is 0.156 e. The summed E-state index contributed by atoms with van der Waals surface area (Å²) < 4.78 is 6.23. The summed E-state index contributed by atoms with van der Waals surface area (Å²) in [6.07, 6.45) is 5.03. The van der Waals surface area contributed by atoms with Crippen molar-refractivity contribution in [1.82, 2.24) is 4.90 Å². The lowest BCUT2D eigenvalue weighted by molar-refractivity contribution is 0.0525. The molecule has 0 unspecified atom stereocenters. The summed E-state index contributed by atoms with van der Waals surface area (Å²) in [6, 6.07) is 6.04. The van der Waals surface area contributed by atoms with Crippen molar-refractivity contribution in [3.63, 3.8) is 0 Å². The first-order valence-corrected chi connectivity index (χ1v) is 9.09. The molecule has 0 amide bonds. The van der Waals surface area contributed by atoms with E-state index < -0.39 is 0 Å². The zero-order valence-electron chi connectivity index (χ0n) is 11.4. The average molecular weight is 332 g/mol. The number of hydrogen-bond acceptors (Lipinski definition) is 3. The van der Waals surface area contributed by atoms with Gasteiger partial charge in [0.05, 0.1) is 10.0 Å². The third-order valence-corrected chi connectivity index (χ3v) is 5.69. The maximum absolute atomic E-state index is 6.23. The van der Waals surface area contributed by atoms with Gasteiger partial charge < -0.3 is 4.74 Å². The minimum atomic E-state index is 0.208. The molecule has 3 rings (SSSR count). The van der Waals surface area contributed by atoms with Gasteiger partial charge in [-0.15, -0.1) is 11.8 Å². The predicted molar refractivity (Wildman–Crippen MR) is 87.2 cm³/mol. The molecule has 1 aromatic rings. The second-order valence-electron chi connectivity index (χ2n) is 5.41. The van der Waals surface area contributed by atoms with Crippen molar-refractivity contribution in [2.24, 2.45) is 0 Å². The van der Waals surface area contributed by atoms with E-state index in [1.807, 2.05) is 30.0 Å². The van der Waals surface area contributed by atoms with Crippen molar-refractivity contribution in [3.05, 3.63) is 28.2 Å². The number of thioether (sulfide) groups is 1. The molecule has 1 aliphatic carbocycles. The minimum Gasteiger partial charge on any atom is -0.486 e. The smallest absolute Gasteiger partial charge is 0.156 e. The van der Waals surface area contributed by atoms with Crippen LogP contribution in [-0.4, -0.2) is 35.2 Å². The summed E-state index contributed by atoms with van der Waals surface area (Å²) in [5.41, 5.74) is 0. The number of ether oxygens (including phenoxy) is 1. The first kappa shape index (κ1) is 14.8. The van der Waals surface area contributed by atoms with Crippen LogP contribution in [0.4, 0.5) is 0 Å². The SMILES string of the molecule is Clc1cccc(Cl)c1O[C@H]1CCCC[C@@H]1N1CCSC1. The van der Waals surface area contributed by atoms with Gasteiger partial charge in [-0.25, -0.2) is 0 Å². The van der Waals surface area contributed by atoms with E-state index in [-0.39, 0.29) is 6.10 Å². The quantitative estimate of drug-likeness (QED) is 0.797. The summed E-state index contributed by atoms with van der Waals surface area (Å²) in [5.74, 6) is 3.01. The molecule has 0 bridgehead atoms. The zero-order chi connectivity index (χ0) is 13.9. The Kier molecular flexibility index (Phi) is 5.03. The largest absolute Gasteiger partial charge is 0.486 e. The highest BCUT2D eigenvalue weighted by atomic mass is 35.5. The van der Waals surface area contributed by atoms with E-state index in [0.29, 0.717) is 21.8 Å². The second-order valence-corrected chi connectivity index (χ2v) is 7.30. The van der Waals surface area contributed by atoms with Gasteiger partial charge in [0.15, 0.2) is 5.75 Å². The fourth-order valence-electron chi connectivity index (χ4n) is 3.07. The molecular formula is C15H19Cl2NOS. The highest BCUT2D eigenvalue weighted by Gasteiger charge is 2.33. The van der Waals surface area contributed by atoms with Crippen LogP contribution in [0.25, 0.3) is 0 Å². The predicted octanol–water partition coefficient (Wildman–Crippen LogP) is 4.69. The molecule has 110 valence electrons. The Balaban J connectivity index is 1.76. The summed E-state index contributed by atoms with van der Waals surface area (Å²) in [7, 11) is 0. The monoisotopic (exact) mass is 331 g/mol. The number of nitrogens with zero attached hydrogens (tertiary/aromatic N) is 1. The Morgan fingerprint density at radius 2 is 1.90 bits per heavy atom. The molecule has 1 aliphatic heterocycles. The van der Waals surface area contributed by atoms with Gasteiger partial charge in [-0.05, 0) is 31.4 Å². The third-order valence-electron chi connectivity index (χ3n) is 4.10. The number of rotatable bonds is 3. The van der Waals surface area contributed by atoms with Crippen molar-refractivity contribution >= 4 is 35.0 Å². The summed E-state index contributed by atoms with van der Waals surface area (Å²) in [4.78, 5) is 2.55. The molecule has 0 spiro atoms. The summed E-state index contributed by atoms with van der Waals surface area (Å²) >= 11 is 14.5. The average Bonchev–Trinajstić information content (AvgIpc) is 2.97. The van der Waals surface area contributed by atoms with E-state index in [1.54, 1.807) is 0 Å². The highest BCUT2D eigenvalue weighted by Crippen LogP contribution is 2.37. The summed E-state index contributed by atoms with van der Waals surface area (Å²) in [5, 5.41) is 1.22. The van der Waals surface area contributed by atoms with Crippen molar-refractivity contribution in [3.8, 4) is 5.75 Å². The van der Waals surface area contributed by atoms with Crippen LogP contribution in [0.2, 0.25) is 10.0 Å². The van der Waals surface area contributed by atoms with Gasteiger partial charge >= 0.3 is 0 Å². The van der Waals surface area contributed by atoms with Crippen LogP contribution in [0.5, 0.6) is 5.75 Å². The maximum atomic E-state index is 6.23. The molecule has 0 aromatic heterocycles. The number of benzene rings is 1. The minimum absolute atomic E-state index is 0.208. The van der Waals surface area contributed by atoms with Gasteiger partial charge in [0.1, 0.15) is 6.10 Å². The van der Waals surface area contributed by atoms with Crippen molar-refractivity contribution < 1.29 is 4.74 Å². The van der Waals surface area contributed by atoms with Crippen LogP contribution in [0.1, 0.15) is 25.7 Å². The number of hydrogen-bond donors (Lipinski definition) is 0. The van der Waals surface area contributed by atoms with Gasteiger partial charge in [-0.1, -0.05) is 35.7 Å². The van der Waals surface area contributed by atoms with E-state index in [9.17, 15) is 0 Å². The molecule has 1 aromatic carbocycles. The van der Waals surface area contributed by atoms with E-state index in [2.05, 4.69) is 4.90 Å². The molecule has 1 saturated heterocycles. The Labute approximate surface area is 134 Å². The van der Waals surface area contributed by atoms with Crippen LogP contribution < -0.4 is 4.74 Å². The molecule has 2 atom stereocenters. The fourth-order valence-corrected chi connectivity index (χ4v) is 4.60. The van der Waals surface area contributed by atoms with E-state index >= 15 is 0 Å². The normalized spacial score (nSPS) is 27.7. The van der Waals surface area contributed by atoms with Crippen molar-refractivity contribution in [2.45, 2.75) is 37.8 Å². The fraction of sp³-hybridized carbons (Fsp3) is 0.600. The molecule has 1 heterocycles. The molecule has 20 heavy (non-hydrogen) atoms. The Bertz CT molecular complexity index is 445. The Hall–Kier alpha value is -0.0900. The van der Waals surface area contributed by atoms with Crippen LogP contribution in [0, 0.1) is 0 Å². The van der Waals surface area contributed by atoms with Crippen LogP contribution in [0.3, 0.4) is 0 Å². The van der Waals surface area contributed by atoms with E-state index in [1.165, 1.54) is 31.6 Å². The van der Waals surface area contributed by atoms with Crippen LogP contribution >= 0.6 is 35.0 Å². The molecule has 0 N–H and O–H groups in total. The molecule has 1 saturated carbocycles. The summed E-state index contributed by atoms with van der Waals surface area (Å²) in [6.45, 7) is 1.17. The van der Waals surface area contributed by atoms with E-state index in [4.69, 9.17) is 27.9 Å². The number of para-hydroxylation sites is 1. The van der Waals surface area contributed by atoms with E-state index in [0.717, 1.165) is 12.3 Å². The highest BCUT2D eigenvalue weighted by molar-refractivity contribution is 7.99. The van der Waals surface area contributed by atoms with Gasteiger partial charge in [-0.3, -0.25) is 4.90 Å².